The van der Waals surface area contributed by atoms with Gasteiger partial charge < -0.3 is 0 Å². The van der Waals surface area contributed by atoms with Crippen molar-refractivity contribution >= 4 is 31.5 Å². The van der Waals surface area contributed by atoms with Crippen LogP contribution in [0.1, 0.15) is 0 Å². The summed E-state index contributed by atoms with van der Waals surface area (Å²) in [7, 11) is 0. The van der Waals surface area contributed by atoms with Crippen LogP contribution in [-0.2, 0) is 0 Å². The summed E-state index contributed by atoms with van der Waals surface area (Å²) in [6.45, 7) is 0. The van der Waals surface area contributed by atoms with Crippen LogP contribution in [-0.4, -0.2) is 15.0 Å². The van der Waals surface area contributed by atoms with E-state index in [4.69, 9.17) is 15.0 Å². The third-order valence-corrected chi connectivity index (χ3v) is 10.1. The first-order valence-electron chi connectivity index (χ1n) is 16.4. The molecule has 0 saturated carbocycles. The minimum Gasteiger partial charge on any atom is -0.208 e. The van der Waals surface area contributed by atoms with Gasteiger partial charge in [0.1, 0.15) is 0 Å². The highest BCUT2D eigenvalue weighted by molar-refractivity contribution is 7.25. The van der Waals surface area contributed by atoms with Gasteiger partial charge in [-0.2, -0.15) is 0 Å². The van der Waals surface area contributed by atoms with Gasteiger partial charge in [-0.15, -0.1) is 11.3 Å². The number of rotatable bonds is 6. The van der Waals surface area contributed by atoms with Gasteiger partial charge in [-0.25, -0.2) is 15.0 Å². The molecule has 2 aromatic heterocycles. The van der Waals surface area contributed by atoms with Crippen molar-refractivity contribution in [3.8, 4) is 67.5 Å². The molecule has 0 bridgehead atoms. The predicted molar refractivity (Wildman–Crippen MR) is 205 cm³/mol. The van der Waals surface area contributed by atoms with Gasteiger partial charge in [0.25, 0.3) is 0 Å². The molecule has 0 aliphatic rings. The lowest BCUT2D eigenvalue weighted by Gasteiger charge is -2.12. The number of benzene rings is 7. The Labute approximate surface area is 288 Å². The smallest absolute Gasteiger partial charge is 0.164 e. The van der Waals surface area contributed by atoms with E-state index in [1.165, 1.54) is 42.4 Å². The van der Waals surface area contributed by atoms with E-state index in [1.807, 2.05) is 30.3 Å². The number of hydrogen-bond acceptors (Lipinski definition) is 4. The summed E-state index contributed by atoms with van der Waals surface area (Å²) >= 11 is 1.80. The van der Waals surface area contributed by atoms with Crippen LogP contribution >= 0.6 is 11.3 Å². The second-order valence-corrected chi connectivity index (χ2v) is 13.2. The molecule has 4 heteroatoms. The van der Waals surface area contributed by atoms with E-state index in [9.17, 15) is 0 Å². The SMILES string of the molecule is c1ccc(-c2cc(-c3ccccc3)cc(-c3ccc(-c4nc(-c5ccccc5)nc(-c5ccc6c(c5)sc5ccccc56)n4)cc3)c2)cc1. The quantitative estimate of drug-likeness (QED) is 0.181. The highest BCUT2D eigenvalue weighted by Gasteiger charge is 2.15. The van der Waals surface area contributed by atoms with Gasteiger partial charge in [0.05, 0.1) is 0 Å². The molecular weight excluding hydrogens is 615 g/mol. The molecule has 0 amide bonds. The molecule has 2 heterocycles. The van der Waals surface area contributed by atoms with E-state index < -0.39 is 0 Å². The number of fused-ring (bicyclic) bond motifs is 3. The molecule has 0 fully saturated rings. The Hall–Kier alpha value is -6.23. The van der Waals surface area contributed by atoms with Crippen molar-refractivity contribution in [2.75, 3.05) is 0 Å². The molecule has 49 heavy (non-hydrogen) atoms. The fourth-order valence-corrected chi connectivity index (χ4v) is 7.56. The molecule has 0 aliphatic heterocycles. The Morgan fingerprint density at radius 2 is 0.653 bits per heavy atom. The minimum absolute atomic E-state index is 0.648. The summed E-state index contributed by atoms with van der Waals surface area (Å²) in [5.41, 5.74) is 9.92. The molecule has 230 valence electrons. The average molecular weight is 644 g/mol. The predicted octanol–water partition coefficient (Wildman–Crippen LogP) is 12.2. The van der Waals surface area contributed by atoms with Gasteiger partial charge in [0.2, 0.25) is 0 Å². The van der Waals surface area contributed by atoms with Crippen LogP contribution in [0.5, 0.6) is 0 Å². The molecule has 9 aromatic rings. The van der Waals surface area contributed by atoms with Crippen LogP contribution in [0.15, 0.2) is 176 Å². The largest absolute Gasteiger partial charge is 0.208 e. The third-order valence-electron chi connectivity index (χ3n) is 8.93. The Morgan fingerprint density at radius 1 is 0.265 bits per heavy atom. The first-order chi connectivity index (χ1) is 24.2. The van der Waals surface area contributed by atoms with Crippen LogP contribution < -0.4 is 0 Å². The van der Waals surface area contributed by atoms with Crippen molar-refractivity contribution in [3.63, 3.8) is 0 Å². The molecule has 0 unspecified atom stereocenters. The Kier molecular flexibility index (Phi) is 7.34. The summed E-state index contributed by atoms with van der Waals surface area (Å²) in [4.78, 5) is 15.0. The van der Waals surface area contributed by atoms with Crippen molar-refractivity contribution in [1.29, 1.82) is 0 Å². The molecule has 0 radical (unpaired) electrons. The van der Waals surface area contributed by atoms with E-state index in [0.717, 1.165) is 27.8 Å². The van der Waals surface area contributed by atoms with Crippen LogP contribution in [0.25, 0.3) is 87.7 Å². The Balaban J connectivity index is 1.13. The molecule has 0 N–H and O–H groups in total. The number of hydrogen-bond donors (Lipinski definition) is 0. The maximum absolute atomic E-state index is 5.05. The normalized spacial score (nSPS) is 11.3. The average Bonchev–Trinajstić information content (AvgIpc) is 3.57. The van der Waals surface area contributed by atoms with Crippen molar-refractivity contribution < 1.29 is 0 Å². The van der Waals surface area contributed by atoms with Crippen LogP contribution in [0.3, 0.4) is 0 Å². The molecule has 0 atom stereocenters. The monoisotopic (exact) mass is 643 g/mol. The second kappa shape index (κ2) is 12.4. The number of thiophene rings is 1. The first kappa shape index (κ1) is 29.0. The standard InChI is InChI=1S/C45H29N3S/c1-4-12-30(13-5-1)36-26-37(31-14-6-2-7-15-31)28-38(27-36)32-20-22-34(23-21-32)44-46-43(33-16-8-3-9-17-33)47-45(48-44)35-24-25-40-39-18-10-11-19-41(39)49-42(40)29-35/h1-29H. The van der Waals surface area contributed by atoms with Gasteiger partial charge in [-0.3, -0.25) is 0 Å². The van der Waals surface area contributed by atoms with Crippen molar-refractivity contribution in [3.05, 3.63) is 176 Å². The zero-order valence-electron chi connectivity index (χ0n) is 26.5. The van der Waals surface area contributed by atoms with Crippen molar-refractivity contribution in [1.82, 2.24) is 15.0 Å². The molecule has 0 aliphatic carbocycles. The van der Waals surface area contributed by atoms with Crippen LogP contribution in [0.4, 0.5) is 0 Å². The van der Waals surface area contributed by atoms with Crippen molar-refractivity contribution in [2.24, 2.45) is 0 Å². The van der Waals surface area contributed by atoms with E-state index in [1.54, 1.807) is 11.3 Å². The fraction of sp³-hybridized carbons (Fsp3) is 0. The lowest BCUT2D eigenvalue weighted by Crippen LogP contribution is -2.00. The Bertz CT molecular complexity index is 2520. The number of nitrogens with zero attached hydrogens (tertiary/aromatic N) is 3. The third kappa shape index (κ3) is 5.69. The first-order valence-corrected chi connectivity index (χ1v) is 17.2. The van der Waals surface area contributed by atoms with Crippen molar-refractivity contribution in [2.45, 2.75) is 0 Å². The zero-order valence-corrected chi connectivity index (χ0v) is 27.3. The minimum atomic E-state index is 0.648. The summed E-state index contributed by atoms with van der Waals surface area (Å²) in [5, 5.41) is 2.53. The topological polar surface area (TPSA) is 38.7 Å². The van der Waals surface area contributed by atoms with Crippen LogP contribution in [0.2, 0.25) is 0 Å². The zero-order chi connectivity index (χ0) is 32.6. The molecule has 7 aromatic carbocycles. The van der Waals surface area contributed by atoms with E-state index in [2.05, 4.69) is 146 Å². The molecular formula is C45H29N3S. The second-order valence-electron chi connectivity index (χ2n) is 12.1. The highest BCUT2D eigenvalue weighted by Crippen LogP contribution is 2.37. The highest BCUT2D eigenvalue weighted by atomic mass is 32.1. The molecule has 9 rings (SSSR count). The van der Waals surface area contributed by atoms with Crippen LogP contribution in [0, 0.1) is 0 Å². The molecule has 3 nitrogen and oxygen atoms in total. The summed E-state index contributed by atoms with van der Waals surface area (Å²) in [5.74, 6) is 1.97. The van der Waals surface area contributed by atoms with Gasteiger partial charge in [-0.05, 0) is 63.7 Å². The van der Waals surface area contributed by atoms with Gasteiger partial charge >= 0.3 is 0 Å². The summed E-state index contributed by atoms with van der Waals surface area (Å²) < 4.78 is 2.50. The van der Waals surface area contributed by atoms with Gasteiger partial charge in [-0.1, -0.05) is 146 Å². The Morgan fingerprint density at radius 3 is 1.22 bits per heavy atom. The fourth-order valence-electron chi connectivity index (χ4n) is 6.42. The van der Waals surface area contributed by atoms with Gasteiger partial charge in [0.15, 0.2) is 17.5 Å². The lowest BCUT2D eigenvalue weighted by atomic mass is 9.93. The lowest BCUT2D eigenvalue weighted by molar-refractivity contribution is 1.07. The maximum Gasteiger partial charge on any atom is 0.164 e. The van der Waals surface area contributed by atoms with E-state index in [-0.39, 0.29) is 0 Å². The molecule has 0 saturated heterocycles. The van der Waals surface area contributed by atoms with Gasteiger partial charge in [0, 0.05) is 36.9 Å². The number of aromatic nitrogens is 3. The molecule has 0 spiro atoms. The summed E-state index contributed by atoms with van der Waals surface area (Å²) in [6.07, 6.45) is 0. The van der Waals surface area contributed by atoms with E-state index >= 15 is 0 Å². The maximum atomic E-state index is 5.05. The summed E-state index contributed by atoms with van der Waals surface area (Å²) in [6, 6.07) is 61.8. The van der Waals surface area contributed by atoms with E-state index in [0.29, 0.717) is 17.5 Å².